The Labute approximate surface area is 194 Å². The summed E-state index contributed by atoms with van der Waals surface area (Å²) in [6.45, 7) is 4.97. The van der Waals surface area contributed by atoms with Gasteiger partial charge in [-0.3, -0.25) is 14.5 Å². The van der Waals surface area contributed by atoms with Crippen molar-refractivity contribution < 1.29 is 24.2 Å². The first kappa shape index (κ1) is 24.5. The van der Waals surface area contributed by atoms with Crippen molar-refractivity contribution in [2.24, 2.45) is 18.9 Å². The van der Waals surface area contributed by atoms with Gasteiger partial charge < -0.3 is 19.5 Å². The lowest BCUT2D eigenvalue weighted by Crippen LogP contribution is -2.29. The van der Waals surface area contributed by atoms with Gasteiger partial charge in [0, 0.05) is 26.2 Å². The predicted octanol–water partition coefficient (Wildman–Crippen LogP) is 4.12. The van der Waals surface area contributed by atoms with Gasteiger partial charge in [0.1, 0.15) is 12.4 Å². The lowest BCUT2D eigenvalue weighted by Gasteiger charge is -2.27. The second-order valence-electron chi connectivity index (χ2n) is 9.11. The first-order valence-electron chi connectivity index (χ1n) is 11.5. The van der Waals surface area contributed by atoms with Crippen LogP contribution in [0.2, 0.25) is 0 Å². The van der Waals surface area contributed by atoms with Crippen LogP contribution in [-0.2, 0) is 23.2 Å². The molecule has 1 aliphatic carbocycles. The second kappa shape index (κ2) is 11.2. The van der Waals surface area contributed by atoms with Crippen molar-refractivity contribution in [3.05, 3.63) is 30.2 Å². The number of aliphatic carboxylic acids is 1. The van der Waals surface area contributed by atoms with Crippen LogP contribution in [0.25, 0.3) is 11.3 Å². The Morgan fingerprint density at radius 2 is 2.06 bits per heavy atom. The highest BCUT2D eigenvalue weighted by Gasteiger charge is 2.28. The normalized spacial score (nSPS) is 18.2. The van der Waals surface area contributed by atoms with Gasteiger partial charge >= 0.3 is 12.1 Å². The monoisotopic (exact) mass is 458 g/mol. The van der Waals surface area contributed by atoms with E-state index in [1.807, 2.05) is 12.1 Å². The maximum atomic E-state index is 12.3. The third-order valence-electron chi connectivity index (χ3n) is 6.04. The minimum atomic E-state index is -0.757. The maximum absolute atomic E-state index is 12.3. The van der Waals surface area contributed by atoms with Crippen LogP contribution in [-0.4, -0.2) is 56.5 Å². The van der Waals surface area contributed by atoms with E-state index in [0.717, 1.165) is 30.5 Å². The topological polar surface area (TPSA) is 107 Å². The van der Waals surface area contributed by atoms with E-state index in [4.69, 9.17) is 9.47 Å². The van der Waals surface area contributed by atoms with Crippen LogP contribution in [0.5, 0.6) is 5.75 Å². The predicted molar refractivity (Wildman–Crippen MR) is 123 cm³/mol. The van der Waals surface area contributed by atoms with E-state index < -0.39 is 5.97 Å². The van der Waals surface area contributed by atoms with E-state index in [0.29, 0.717) is 36.7 Å². The summed E-state index contributed by atoms with van der Waals surface area (Å²) < 4.78 is 13.2. The van der Waals surface area contributed by atoms with Gasteiger partial charge in [0.25, 0.3) is 0 Å². The van der Waals surface area contributed by atoms with Crippen molar-refractivity contribution in [2.45, 2.75) is 58.7 Å². The van der Waals surface area contributed by atoms with Gasteiger partial charge in [0.05, 0.1) is 35.8 Å². The van der Waals surface area contributed by atoms with E-state index in [1.165, 1.54) is 0 Å². The number of amides is 1. The number of carbonyl (C=O) groups is 2. The summed E-state index contributed by atoms with van der Waals surface area (Å²) in [5, 5.41) is 13.6. The zero-order chi connectivity index (χ0) is 24.0. The van der Waals surface area contributed by atoms with E-state index >= 15 is 0 Å². The van der Waals surface area contributed by atoms with Crippen molar-refractivity contribution in [2.75, 3.05) is 13.6 Å². The fourth-order valence-electron chi connectivity index (χ4n) is 3.91. The van der Waals surface area contributed by atoms with Crippen LogP contribution < -0.4 is 4.74 Å². The van der Waals surface area contributed by atoms with E-state index in [2.05, 4.69) is 23.9 Å². The molecule has 0 radical (unpaired) electrons. The summed E-state index contributed by atoms with van der Waals surface area (Å²) >= 11 is 0. The summed E-state index contributed by atoms with van der Waals surface area (Å²) in [5.74, 6) is 0.0193. The number of carboxylic acid groups (broad SMARTS) is 1. The molecule has 0 spiro atoms. The number of aromatic nitrogens is 3. The summed E-state index contributed by atoms with van der Waals surface area (Å²) in [6.07, 6.45) is 6.68. The molecule has 0 aromatic carbocycles. The Morgan fingerprint density at radius 3 is 2.73 bits per heavy atom. The largest absolute Gasteiger partial charge is 0.489 e. The molecule has 33 heavy (non-hydrogen) atoms. The van der Waals surface area contributed by atoms with Gasteiger partial charge in [-0.1, -0.05) is 13.8 Å². The van der Waals surface area contributed by atoms with Crippen LogP contribution in [0.1, 0.15) is 51.6 Å². The van der Waals surface area contributed by atoms with Gasteiger partial charge in [-0.2, -0.15) is 5.10 Å². The van der Waals surface area contributed by atoms with Gasteiger partial charge in [-0.25, -0.2) is 4.79 Å². The average Bonchev–Trinajstić information content (AvgIpc) is 3.16. The summed E-state index contributed by atoms with van der Waals surface area (Å²) in [7, 11) is 3.54. The molecule has 9 nitrogen and oxygen atoms in total. The fraction of sp³-hybridized carbons (Fsp3) is 0.583. The Morgan fingerprint density at radius 1 is 1.27 bits per heavy atom. The molecule has 3 rings (SSSR count). The molecule has 0 aliphatic heterocycles. The molecule has 0 bridgehead atoms. The quantitative estimate of drug-likeness (QED) is 0.602. The molecule has 1 N–H and O–H groups in total. The fourth-order valence-corrected chi connectivity index (χ4v) is 3.91. The van der Waals surface area contributed by atoms with Crippen molar-refractivity contribution in [1.82, 2.24) is 19.7 Å². The average molecular weight is 459 g/mol. The molecule has 2 heterocycles. The first-order chi connectivity index (χ1) is 15.7. The maximum Gasteiger partial charge on any atom is 0.409 e. The number of ether oxygens (including phenoxy) is 2. The zero-order valence-corrected chi connectivity index (χ0v) is 19.9. The first-order valence-corrected chi connectivity index (χ1v) is 11.5. The van der Waals surface area contributed by atoms with Crippen molar-refractivity contribution in [3.8, 4) is 17.0 Å². The van der Waals surface area contributed by atoms with Crippen LogP contribution in [0.4, 0.5) is 4.79 Å². The second-order valence-corrected chi connectivity index (χ2v) is 9.11. The van der Waals surface area contributed by atoms with Gasteiger partial charge in [0.15, 0.2) is 0 Å². The van der Waals surface area contributed by atoms with Crippen LogP contribution in [0.15, 0.2) is 24.5 Å². The van der Waals surface area contributed by atoms with Crippen LogP contribution in [0, 0.1) is 11.8 Å². The number of hydrogen-bond acceptors (Lipinski definition) is 6. The molecule has 2 aromatic rings. The lowest BCUT2D eigenvalue weighted by atomic mass is 9.87. The molecule has 1 saturated carbocycles. The standard InChI is InChI=1S/C24H34N4O5/c1-16(2)10-11-27(3)24(31)32-15-22-20(14-26-28(22)4)21-9-8-19(13-25-21)33-18-7-5-6-17(12-18)23(29)30/h8-9,13-14,16-18H,5-7,10-12,15H2,1-4H3,(H,29,30)/t17?,18-/m0/s1. The molecule has 1 unspecified atom stereocenters. The molecule has 2 aromatic heterocycles. The molecule has 1 amide bonds. The number of nitrogens with zero attached hydrogens (tertiary/aromatic N) is 4. The molecule has 1 aliphatic rings. The van der Waals surface area contributed by atoms with E-state index in [9.17, 15) is 14.7 Å². The van der Waals surface area contributed by atoms with Crippen molar-refractivity contribution >= 4 is 12.1 Å². The molecular weight excluding hydrogens is 424 g/mol. The molecule has 1 fully saturated rings. The Balaban J connectivity index is 1.61. The number of aryl methyl sites for hydroxylation is 1. The van der Waals surface area contributed by atoms with E-state index in [1.54, 1.807) is 36.1 Å². The molecule has 2 atom stereocenters. The number of carboxylic acids is 1. The van der Waals surface area contributed by atoms with Gasteiger partial charge in [-0.15, -0.1) is 0 Å². The van der Waals surface area contributed by atoms with Crippen molar-refractivity contribution in [3.63, 3.8) is 0 Å². The SMILES string of the molecule is CC(C)CCN(C)C(=O)OCc1c(-c2ccc(O[C@H]3CCCC(C(=O)O)C3)cn2)cnn1C. The zero-order valence-electron chi connectivity index (χ0n) is 19.9. The van der Waals surface area contributed by atoms with Crippen LogP contribution >= 0.6 is 0 Å². The molecule has 9 heteroatoms. The lowest BCUT2D eigenvalue weighted by molar-refractivity contribution is -0.143. The summed E-state index contributed by atoms with van der Waals surface area (Å²) in [4.78, 5) is 29.7. The highest BCUT2D eigenvalue weighted by atomic mass is 16.6. The molecular formula is C24H34N4O5. The summed E-state index contributed by atoms with van der Waals surface area (Å²) in [6, 6.07) is 3.67. The number of carbonyl (C=O) groups excluding carboxylic acids is 1. The highest BCUT2D eigenvalue weighted by Crippen LogP contribution is 2.29. The summed E-state index contributed by atoms with van der Waals surface area (Å²) in [5.41, 5.74) is 2.23. The Hall–Kier alpha value is -3.10. The van der Waals surface area contributed by atoms with Gasteiger partial charge in [0.2, 0.25) is 0 Å². The van der Waals surface area contributed by atoms with Crippen LogP contribution in [0.3, 0.4) is 0 Å². The smallest absolute Gasteiger partial charge is 0.409 e. The number of hydrogen-bond donors (Lipinski definition) is 1. The van der Waals surface area contributed by atoms with E-state index in [-0.39, 0.29) is 24.7 Å². The Kier molecular flexibility index (Phi) is 8.30. The minimum absolute atomic E-state index is 0.0925. The minimum Gasteiger partial charge on any atom is -0.489 e. The third kappa shape index (κ3) is 6.69. The van der Waals surface area contributed by atoms with Gasteiger partial charge in [-0.05, 0) is 50.2 Å². The Bertz CT molecular complexity index is 941. The molecule has 0 saturated heterocycles. The van der Waals surface area contributed by atoms with Crippen molar-refractivity contribution in [1.29, 1.82) is 0 Å². The highest BCUT2D eigenvalue weighted by molar-refractivity contribution is 5.70. The number of rotatable bonds is 9. The molecule has 180 valence electrons. The third-order valence-corrected chi connectivity index (χ3v) is 6.04. The number of pyridine rings is 1.